The Morgan fingerprint density at radius 3 is 2.31 bits per heavy atom. The molecule has 3 rings (SSSR count). The minimum Gasteiger partial charge on any atom is -0.345 e. The molecule has 0 unspecified atom stereocenters. The fraction of sp³-hybridized carbons (Fsp3) is 0.400. The number of quaternary nitrogens is 2. The van der Waals surface area contributed by atoms with Gasteiger partial charge in [-0.05, 0) is 36.1 Å². The SMILES string of the molecule is CCc1ccc([C@H](C)NC(=O)C[NH+]2CC[NH+](C/C=C/c3ccccc3)CC2)cc1. The van der Waals surface area contributed by atoms with Gasteiger partial charge in [-0.15, -0.1) is 0 Å². The molecule has 1 fully saturated rings. The molecular formula is C25H35N3O+2. The third-order valence-electron chi connectivity index (χ3n) is 5.86. The van der Waals surface area contributed by atoms with E-state index in [1.54, 1.807) is 4.90 Å². The first kappa shape index (κ1) is 21.3. The summed E-state index contributed by atoms with van der Waals surface area (Å²) >= 11 is 0. The van der Waals surface area contributed by atoms with Crippen molar-refractivity contribution < 1.29 is 14.6 Å². The van der Waals surface area contributed by atoms with Gasteiger partial charge < -0.3 is 15.1 Å². The number of aryl methyl sites for hydroxylation is 1. The number of carbonyl (C=O) groups is 1. The Morgan fingerprint density at radius 2 is 1.66 bits per heavy atom. The summed E-state index contributed by atoms with van der Waals surface area (Å²) in [5.41, 5.74) is 3.76. The normalized spacial score (nSPS) is 20.5. The monoisotopic (exact) mass is 393 g/mol. The van der Waals surface area contributed by atoms with E-state index in [-0.39, 0.29) is 11.9 Å². The fourth-order valence-electron chi connectivity index (χ4n) is 3.91. The summed E-state index contributed by atoms with van der Waals surface area (Å²) in [6.45, 7) is 10.2. The molecule has 0 saturated carbocycles. The van der Waals surface area contributed by atoms with Crippen molar-refractivity contribution in [3.05, 3.63) is 77.4 Å². The third-order valence-corrected chi connectivity index (χ3v) is 5.86. The van der Waals surface area contributed by atoms with Gasteiger partial charge in [-0.25, -0.2) is 0 Å². The van der Waals surface area contributed by atoms with Crippen molar-refractivity contribution in [1.29, 1.82) is 0 Å². The number of nitrogens with one attached hydrogen (secondary N) is 3. The molecule has 1 aliphatic heterocycles. The molecule has 1 atom stereocenters. The third kappa shape index (κ3) is 6.84. The van der Waals surface area contributed by atoms with Gasteiger partial charge in [-0.2, -0.15) is 0 Å². The minimum absolute atomic E-state index is 0.0582. The largest absolute Gasteiger partial charge is 0.345 e. The molecule has 154 valence electrons. The van der Waals surface area contributed by atoms with E-state index < -0.39 is 0 Å². The lowest BCUT2D eigenvalue weighted by atomic mass is 10.1. The van der Waals surface area contributed by atoms with Crippen LogP contribution < -0.4 is 15.1 Å². The van der Waals surface area contributed by atoms with Gasteiger partial charge in [0.05, 0.1) is 12.6 Å². The van der Waals surface area contributed by atoms with Crippen LogP contribution in [-0.4, -0.2) is 45.2 Å². The lowest BCUT2D eigenvalue weighted by Crippen LogP contribution is -3.28. The average molecular weight is 394 g/mol. The highest BCUT2D eigenvalue weighted by atomic mass is 16.2. The average Bonchev–Trinajstić information content (AvgIpc) is 2.75. The van der Waals surface area contributed by atoms with Crippen LogP contribution in [-0.2, 0) is 11.2 Å². The summed E-state index contributed by atoms with van der Waals surface area (Å²) in [5.74, 6) is 0.152. The van der Waals surface area contributed by atoms with Crippen molar-refractivity contribution in [1.82, 2.24) is 5.32 Å². The molecule has 1 heterocycles. The van der Waals surface area contributed by atoms with Crippen LogP contribution in [0.5, 0.6) is 0 Å². The maximum absolute atomic E-state index is 12.5. The number of amides is 1. The van der Waals surface area contributed by atoms with Gasteiger partial charge in [0, 0.05) is 0 Å². The zero-order valence-electron chi connectivity index (χ0n) is 17.8. The molecule has 4 heteroatoms. The van der Waals surface area contributed by atoms with E-state index in [1.807, 2.05) is 6.07 Å². The molecule has 0 aromatic heterocycles. The second-order valence-electron chi connectivity index (χ2n) is 8.08. The summed E-state index contributed by atoms with van der Waals surface area (Å²) in [7, 11) is 0. The summed E-state index contributed by atoms with van der Waals surface area (Å²) < 4.78 is 0. The summed E-state index contributed by atoms with van der Waals surface area (Å²) in [4.78, 5) is 15.5. The molecule has 29 heavy (non-hydrogen) atoms. The first-order chi connectivity index (χ1) is 14.1. The van der Waals surface area contributed by atoms with Crippen molar-refractivity contribution in [3.8, 4) is 0 Å². The molecule has 0 spiro atoms. The molecule has 3 N–H and O–H groups in total. The lowest BCUT2D eigenvalue weighted by Gasteiger charge is -2.29. The quantitative estimate of drug-likeness (QED) is 0.613. The molecule has 4 nitrogen and oxygen atoms in total. The molecule has 1 saturated heterocycles. The highest BCUT2D eigenvalue weighted by molar-refractivity contribution is 5.77. The molecule has 0 aliphatic carbocycles. The standard InChI is InChI=1S/C25H33N3O/c1-3-22-11-13-24(14-12-22)21(2)26-25(29)20-28-18-16-27(17-19-28)15-7-10-23-8-5-4-6-9-23/h4-14,21H,3,15-20H2,1-2H3,(H,26,29)/p+2/b10-7+/t21-/m0/s1. The van der Waals surface area contributed by atoms with Crippen molar-refractivity contribution in [2.45, 2.75) is 26.3 Å². The van der Waals surface area contributed by atoms with Crippen LogP contribution in [0.4, 0.5) is 0 Å². The molecule has 1 amide bonds. The second kappa shape index (κ2) is 10.9. The van der Waals surface area contributed by atoms with Crippen LogP contribution in [0.25, 0.3) is 6.08 Å². The van der Waals surface area contributed by atoms with Gasteiger partial charge in [0.1, 0.15) is 26.2 Å². The van der Waals surface area contributed by atoms with Gasteiger partial charge in [0.15, 0.2) is 6.54 Å². The summed E-state index contributed by atoms with van der Waals surface area (Å²) in [6.07, 6.45) is 5.52. The van der Waals surface area contributed by atoms with Crippen LogP contribution in [0, 0.1) is 0 Å². The number of hydrogen-bond donors (Lipinski definition) is 3. The van der Waals surface area contributed by atoms with Crippen molar-refractivity contribution in [2.24, 2.45) is 0 Å². The van der Waals surface area contributed by atoms with Crippen LogP contribution in [0.3, 0.4) is 0 Å². The Morgan fingerprint density at radius 1 is 1.00 bits per heavy atom. The van der Waals surface area contributed by atoms with Crippen LogP contribution in [0.1, 0.15) is 36.6 Å². The Bertz CT molecular complexity index is 777. The zero-order valence-corrected chi connectivity index (χ0v) is 17.8. The van der Waals surface area contributed by atoms with E-state index in [2.05, 4.69) is 79.8 Å². The number of hydrogen-bond acceptors (Lipinski definition) is 1. The Kier molecular flexibility index (Phi) is 8.03. The van der Waals surface area contributed by atoms with E-state index >= 15 is 0 Å². The predicted molar refractivity (Wildman–Crippen MR) is 119 cm³/mol. The van der Waals surface area contributed by atoms with Crippen molar-refractivity contribution in [3.63, 3.8) is 0 Å². The van der Waals surface area contributed by atoms with E-state index in [1.165, 1.54) is 21.6 Å². The zero-order chi connectivity index (χ0) is 20.5. The van der Waals surface area contributed by atoms with Gasteiger partial charge in [-0.1, -0.05) is 67.6 Å². The molecule has 0 radical (unpaired) electrons. The molecule has 0 bridgehead atoms. The van der Waals surface area contributed by atoms with Crippen LogP contribution in [0.15, 0.2) is 60.7 Å². The molecule has 1 aliphatic rings. The maximum Gasteiger partial charge on any atom is 0.275 e. The van der Waals surface area contributed by atoms with Gasteiger partial charge in [-0.3, -0.25) is 4.79 Å². The number of benzene rings is 2. The number of rotatable bonds is 8. The lowest BCUT2D eigenvalue weighted by molar-refractivity contribution is -1.01. The molecular weight excluding hydrogens is 358 g/mol. The Hall–Kier alpha value is -2.43. The first-order valence-corrected chi connectivity index (χ1v) is 10.9. The van der Waals surface area contributed by atoms with Crippen molar-refractivity contribution >= 4 is 12.0 Å². The number of carbonyl (C=O) groups excluding carboxylic acids is 1. The maximum atomic E-state index is 12.5. The minimum atomic E-state index is 0.0582. The molecule has 2 aromatic carbocycles. The van der Waals surface area contributed by atoms with Gasteiger partial charge in [0.25, 0.3) is 5.91 Å². The molecule has 2 aromatic rings. The van der Waals surface area contributed by atoms with Gasteiger partial charge in [0.2, 0.25) is 0 Å². The summed E-state index contributed by atoms with van der Waals surface area (Å²) in [5, 5.41) is 3.17. The predicted octanol–water partition coefficient (Wildman–Crippen LogP) is 0.923. The van der Waals surface area contributed by atoms with Crippen LogP contribution in [0.2, 0.25) is 0 Å². The first-order valence-electron chi connectivity index (χ1n) is 10.9. The highest BCUT2D eigenvalue weighted by Gasteiger charge is 2.24. The van der Waals surface area contributed by atoms with E-state index in [4.69, 9.17) is 0 Å². The summed E-state index contributed by atoms with van der Waals surface area (Å²) in [6, 6.07) is 19.1. The fourth-order valence-corrected chi connectivity index (χ4v) is 3.91. The topological polar surface area (TPSA) is 38.0 Å². The second-order valence-corrected chi connectivity index (χ2v) is 8.08. The van der Waals surface area contributed by atoms with Gasteiger partial charge >= 0.3 is 0 Å². The van der Waals surface area contributed by atoms with E-state index in [9.17, 15) is 4.79 Å². The van der Waals surface area contributed by atoms with E-state index in [0.717, 1.165) is 39.1 Å². The number of piperazine rings is 1. The van der Waals surface area contributed by atoms with Crippen molar-refractivity contribution in [2.75, 3.05) is 39.3 Å². The van der Waals surface area contributed by atoms with E-state index in [0.29, 0.717) is 6.54 Å². The highest BCUT2D eigenvalue weighted by Crippen LogP contribution is 2.13. The Balaban J connectivity index is 1.37. The smallest absolute Gasteiger partial charge is 0.275 e. The van der Waals surface area contributed by atoms with Crippen LogP contribution >= 0.6 is 0 Å². The Labute approximate surface area is 175 Å².